The second-order valence-corrected chi connectivity index (χ2v) is 7.11. The summed E-state index contributed by atoms with van der Waals surface area (Å²) in [4.78, 5) is 16.7. The molecule has 1 aromatic heterocycles. The van der Waals surface area contributed by atoms with E-state index in [1.807, 2.05) is 19.2 Å². The van der Waals surface area contributed by atoms with E-state index < -0.39 is 0 Å². The first-order chi connectivity index (χ1) is 12.4. The maximum Gasteiger partial charge on any atom is 0.244 e. The van der Waals surface area contributed by atoms with Crippen LogP contribution in [0.4, 0.5) is 0 Å². The number of halogens is 1. The van der Waals surface area contributed by atoms with Crippen molar-refractivity contribution in [3.8, 4) is 5.75 Å². The van der Waals surface area contributed by atoms with Crippen LogP contribution in [0, 0.1) is 0 Å². The van der Waals surface area contributed by atoms with Crippen molar-refractivity contribution in [2.75, 3.05) is 20.2 Å². The van der Waals surface area contributed by atoms with Crippen LogP contribution in [0.5, 0.6) is 5.75 Å². The van der Waals surface area contributed by atoms with E-state index >= 15 is 0 Å². The first-order valence-electron chi connectivity index (χ1n) is 8.58. The summed E-state index contributed by atoms with van der Waals surface area (Å²) >= 11 is 6.07. The van der Waals surface area contributed by atoms with Crippen LogP contribution in [0.2, 0.25) is 5.02 Å². The first kappa shape index (κ1) is 18.6. The molecule has 2 aromatic rings. The Morgan fingerprint density at radius 2 is 2.23 bits per heavy atom. The highest BCUT2D eigenvalue weighted by atomic mass is 35.5. The highest BCUT2D eigenvalue weighted by Crippen LogP contribution is 2.26. The quantitative estimate of drug-likeness (QED) is 0.786. The van der Waals surface area contributed by atoms with E-state index in [9.17, 15) is 4.79 Å². The average Bonchev–Trinajstić information content (AvgIpc) is 2.90. The number of amides is 1. The average molecular weight is 379 g/mol. The number of hydrogen-bond donors (Lipinski definition) is 0. The molecule has 0 N–H and O–H groups in total. The fraction of sp³-hybridized carbons (Fsp3) is 0.529. The van der Waals surface area contributed by atoms with Gasteiger partial charge in [0, 0.05) is 23.2 Å². The van der Waals surface area contributed by atoms with E-state index in [0.29, 0.717) is 43.1 Å². The second-order valence-electron chi connectivity index (χ2n) is 6.68. The maximum absolute atomic E-state index is 12.8. The van der Waals surface area contributed by atoms with Gasteiger partial charge < -0.3 is 9.64 Å². The number of nitrogens with zero attached hydrogens (tertiary/aromatic N) is 6. The van der Waals surface area contributed by atoms with Crippen LogP contribution in [0.1, 0.15) is 25.2 Å². The zero-order chi connectivity index (χ0) is 18.7. The van der Waals surface area contributed by atoms with Gasteiger partial charge in [-0.3, -0.25) is 9.69 Å². The molecule has 2 heterocycles. The number of rotatable bonds is 5. The molecule has 0 radical (unpaired) electrons. The van der Waals surface area contributed by atoms with Crippen LogP contribution in [0.25, 0.3) is 0 Å². The molecule has 3 rings (SSSR count). The van der Waals surface area contributed by atoms with E-state index in [1.54, 1.807) is 15.6 Å². The molecule has 26 heavy (non-hydrogen) atoms. The standard InChI is InChI=1S/C17H23ClN6O2/c1-12(2)22(3)10-16-19-20-21-24(16)11-17(25)23-6-7-26-15-5-4-14(18)8-13(15)9-23/h4-5,8,12H,6-7,9-11H2,1-3H3. The summed E-state index contributed by atoms with van der Waals surface area (Å²) in [5, 5.41) is 12.4. The smallest absolute Gasteiger partial charge is 0.244 e. The summed E-state index contributed by atoms with van der Waals surface area (Å²) in [5.41, 5.74) is 0.903. The number of aromatic nitrogens is 4. The Morgan fingerprint density at radius 1 is 1.42 bits per heavy atom. The summed E-state index contributed by atoms with van der Waals surface area (Å²) in [6.07, 6.45) is 0. The number of carbonyl (C=O) groups is 1. The van der Waals surface area contributed by atoms with Gasteiger partial charge in [0.05, 0.1) is 13.1 Å². The van der Waals surface area contributed by atoms with E-state index in [1.165, 1.54) is 0 Å². The zero-order valence-electron chi connectivity index (χ0n) is 15.2. The van der Waals surface area contributed by atoms with Gasteiger partial charge in [-0.15, -0.1) is 5.10 Å². The van der Waals surface area contributed by atoms with Gasteiger partial charge in [-0.05, 0) is 49.5 Å². The maximum atomic E-state index is 12.8. The highest BCUT2D eigenvalue weighted by molar-refractivity contribution is 6.30. The minimum atomic E-state index is -0.0535. The van der Waals surface area contributed by atoms with Crippen LogP contribution < -0.4 is 4.74 Å². The van der Waals surface area contributed by atoms with Crippen molar-refractivity contribution in [2.24, 2.45) is 0 Å². The third-order valence-electron chi connectivity index (χ3n) is 4.52. The predicted octanol–water partition coefficient (Wildman–Crippen LogP) is 1.59. The molecular weight excluding hydrogens is 356 g/mol. The van der Waals surface area contributed by atoms with Gasteiger partial charge in [0.2, 0.25) is 5.91 Å². The second kappa shape index (κ2) is 8.01. The Hall–Kier alpha value is -2.19. The molecule has 0 bridgehead atoms. The number of benzene rings is 1. The summed E-state index contributed by atoms with van der Waals surface area (Å²) in [5.74, 6) is 1.39. The summed E-state index contributed by atoms with van der Waals surface area (Å²) in [6, 6.07) is 5.83. The van der Waals surface area contributed by atoms with Gasteiger partial charge in [-0.1, -0.05) is 11.6 Å². The normalized spacial score (nSPS) is 14.3. The topological polar surface area (TPSA) is 76.4 Å². The molecule has 0 spiro atoms. The largest absolute Gasteiger partial charge is 0.491 e. The van der Waals surface area contributed by atoms with Crippen molar-refractivity contribution in [1.29, 1.82) is 0 Å². The summed E-state index contributed by atoms with van der Waals surface area (Å²) < 4.78 is 7.28. The summed E-state index contributed by atoms with van der Waals surface area (Å²) in [7, 11) is 2.00. The number of hydrogen-bond acceptors (Lipinski definition) is 6. The van der Waals surface area contributed by atoms with E-state index in [-0.39, 0.29) is 12.5 Å². The molecule has 1 amide bonds. The van der Waals surface area contributed by atoms with Crippen molar-refractivity contribution < 1.29 is 9.53 Å². The molecule has 0 saturated carbocycles. The van der Waals surface area contributed by atoms with Gasteiger partial charge >= 0.3 is 0 Å². The predicted molar refractivity (Wildman–Crippen MR) is 96.8 cm³/mol. The lowest BCUT2D eigenvalue weighted by Gasteiger charge is -2.22. The van der Waals surface area contributed by atoms with Gasteiger partial charge in [0.15, 0.2) is 5.82 Å². The molecule has 0 aliphatic carbocycles. The number of fused-ring (bicyclic) bond motifs is 1. The first-order valence-corrected chi connectivity index (χ1v) is 8.96. The van der Waals surface area contributed by atoms with E-state index in [0.717, 1.165) is 11.3 Å². The van der Waals surface area contributed by atoms with Crippen LogP contribution >= 0.6 is 11.6 Å². The number of tetrazole rings is 1. The fourth-order valence-corrected chi connectivity index (χ4v) is 2.86. The van der Waals surface area contributed by atoms with Crippen molar-refractivity contribution in [2.45, 2.75) is 39.5 Å². The third-order valence-corrected chi connectivity index (χ3v) is 4.75. The van der Waals surface area contributed by atoms with E-state index in [4.69, 9.17) is 16.3 Å². The van der Waals surface area contributed by atoms with Gasteiger partial charge in [-0.2, -0.15) is 0 Å². The molecule has 0 unspecified atom stereocenters. The number of carbonyl (C=O) groups excluding carboxylic acids is 1. The Labute approximate surface area is 157 Å². The fourth-order valence-electron chi connectivity index (χ4n) is 2.67. The number of ether oxygens (including phenoxy) is 1. The minimum absolute atomic E-state index is 0.0535. The summed E-state index contributed by atoms with van der Waals surface area (Å²) in [6.45, 7) is 6.29. The molecule has 0 atom stereocenters. The Kier molecular flexibility index (Phi) is 5.73. The Morgan fingerprint density at radius 3 is 3.00 bits per heavy atom. The Balaban J connectivity index is 1.70. The molecule has 140 valence electrons. The Bertz CT molecular complexity index is 778. The van der Waals surface area contributed by atoms with Gasteiger partial charge in [-0.25, -0.2) is 4.68 Å². The van der Waals surface area contributed by atoms with Crippen LogP contribution in [-0.2, 0) is 24.4 Å². The molecule has 9 heteroatoms. The molecule has 0 saturated heterocycles. The molecular formula is C17H23ClN6O2. The third kappa shape index (κ3) is 4.31. The van der Waals surface area contributed by atoms with Crippen LogP contribution in [-0.4, -0.2) is 62.2 Å². The lowest BCUT2D eigenvalue weighted by Crippen LogP contribution is -2.36. The molecule has 0 fully saturated rings. The molecule has 1 aliphatic heterocycles. The van der Waals surface area contributed by atoms with Crippen molar-refractivity contribution in [1.82, 2.24) is 30.0 Å². The lowest BCUT2D eigenvalue weighted by molar-refractivity contribution is -0.132. The highest BCUT2D eigenvalue weighted by Gasteiger charge is 2.22. The van der Waals surface area contributed by atoms with Crippen molar-refractivity contribution in [3.63, 3.8) is 0 Å². The monoisotopic (exact) mass is 378 g/mol. The van der Waals surface area contributed by atoms with Crippen molar-refractivity contribution in [3.05, 3.63) is 34.6 Å². The lowest BCUT2D eigenvalue weighted by atomic mass is 10.2. The van der Waals surface area contributed by atoms with Gasteiger partial charge in [0.25, 0.3) is 0 Å². The molecule has 1 aliphatic rings. The van der Waals surface area contributed by atoms with Gasteiger partial charge in [0.1, 0.15) is 18.9 Å². The van der Waals surface area contributed by atoms with E-state index in [2.05, 4.69) is 34.3 Å². The zero-order valence-corrected chi connectivity index (χ0v) is 16.0. The molecule has 1 aromatic carbocycles. The van der Waals surface area contributed by atoms with Crippen LogP contribution in [0.15, 0.2) is 18.2 Å². The molecule has 8 nitrogen and oxygen atoms in total. The van der Waals surface area contributed by atoms with Crippen LogP contribution in [0.3, 0.4) is 0 Å². The van der Waals surface area contributed by atoms with Crippen molar-refractivity contribution >= 4 is 17.5 Å². The minimum Gasteiger partial charge on any atom is -0.491 e. The SMILES string of the molecule is CC(C)N(C)Cc1nnnn1CC(=O)N1CCOc2ccc(Cl)cc2C1.